The molecule has 0 radical (unpaired) electrons. The Balaban J connectivity index is 2.61. The number of rotatable bonds is 2. The Labute approximate surface area is 64.4 Å². The van der Waals surface area contributed by atoms with Crippen LogP contribution >= 0.6 is 0 Å². The molecule has 0 atom stereocenters. The Bertz CT molecular complexity index is 166. The molecule has 0 bridgehead atoms. The van der Waals surface area contributed by atoms with Gasteiger partial charge in [-0.2, -0.15) is 0 Å². The van der Waals surface area contributed by atoms with Crippen LogP contribution in [0.15, 0.2) is 30.3 Å². The number of halogens is 2. The molecule has 0 saturated heterocycles. The van der Waals surface area contributed by atoms with Gasteiger partial charge in [0, 0.05) is 0 Å². The van der Waals surface area contributed by atoms with Gasteiger partial charge in [0.1, 0.15) is 0 Å². The molecule has 0 aliphatic heterocycles. The van der Waals surface area contributed by atoms with E-state index in [0.717, 1.165) is 0 Å². The quantitative estimate of drug-likeness (QED) is 0.598. The summed E-state index contributed by atoms with van der Waals surface area (Å²) < 4.78 is 16.2. The van der Waals surface area contributed by atoms with Crippen molar-refractivity contribution in [3.8, 4) is 5.75 Å². The third kappa shape index (κ3) is 2.17. The van der Waals surface area contributed by atoms with Crippen molar-refractivity contribution in [1.82, 2.24) is 0 Å². The van der Waals surface area contributed by atoms with E-state index < -0.39 is 22.2 Å². The van der Waals surface area contributed by atoms with E-state index in [0.29, 0.717) is 5.75 Å². The first-order chi connectivity index (χ1) is 4.43. The first-order valence-electron chi connectivity index (χ1n) is 2.41. The zero-order valence-corrected chi connectivity index (χ0v) is 6.71. The molecule has 0 spiro atoms. The van der Waals surface area contributed by atoms with Crippen LogP contribution in [0.25, 0.3) is 0 Å². The van der Waals surface area contributed by atoms with E-state index in [1.54, 1.807) is 12.1 Å². The Hall–Kier alpha value is -0.320. The zero-order chi connectivity index (χ0) is 6.53. The second-order valence-electron chi connectivity index (χ2n) is 1.45. The van der Waals surface area contributed by atoms with Crippen molar-refractivity contribution in [3.05, 3.63) is 30.3 Å². The molecule has 0 aliphatic carbocycles. The van der Waals surface area contributed by atoms with Gasteiger partial charge in [-0.1, -0.05) is 0 Å². The van der Waals surface area contributed by atoms with E-state index in [1.807, 2.05) is 18.2 Å². The van der Waals surface area contributed by atoms with Crippen LogP contribution in [0.3, 0.4) is 0 Å². The SMILES string of the molecule is F[I-]Oc1ccccc1. The van der Waals surface area contributed by atoms with Crippen molar-refractivity contribution in [1.29, 1.82) is 0 Å². The van der Waals surface area contributed by atoms with Crippen molar-refractivity contribution in [2.24, 2.45) is 0 Å². The Morgan fingerprint density at radius 3 is 2.44 bits per heavy atom. The van der Waals surface area contributed by atoms with Crippen LogP contribution in [0, 0.1) is 0 Å². The average molecular weight is 239 g/mol. The van der Waals surface area contributed by atoms with Crippen molar-refractivity contribution in [3.63, 3.8) is 0 Å². The second kappa shape index (κ2) is 3.66. The topological polar surface area (TPSA) is 9.23 Å². The molecule has 1 rings (SSSR count). The first-order valence-corrected chi connectivity index (χ1v) is 4.11. The van der Waals surface area contributed by atoms with Crippen molar-refractivity contribution >= 4 is 0 Å². The molecule has 0 N–H and O–H groups in total. The molecule has 50 valence electrons. The van der Waals surface area contributed by atoms with E-state index in [1.165, 1.54) is 0 Å². The maximum absolute atomic E-state index is 11.6. The monoisotopic (exact) mass is 239 g/mol. The summed E-state index contributed by atoms with van der Waals surface area (Å²) in [4.78, 5) is 0. The fraction of sp³-hybridized carbons (Fsp3) is 0. The van der Waals surface area contributed by atoms with E-state index in [4.69, 9.17) is 0 Å². The fourth-order valence-corrected chi connectivity index (χ4v) is 0.991. The van der Waals surface area contributed by atoms with Gasteiger partial charge in [0.25, 0.3) is 0 Å². The van der Waals surface area contributed by atoms with Crippen LogP contribution in [0.2, 0.25) is 0 Å². The van der Waals surface area contributed by atoms with Crippen molar-refractivity contribution in [2.75, 3.05) is 0 Å². The summed E-state index contributed by atoms with van der Waals surface area (Å²) >= 11 is -1.57. The third-order valence-corrected chi connectivity index (χ3v) is 1.54. The molecule has 1 nitrogen and oxygen atoms in total. The molecule has 0 heterocycles. The predicted molar refractivity (Wildman–Crippen MR) is 28.2 cm³/mol. The summed E-state index contributed by atoms with van der Waals surface area (Å²) in [6.07, 6.45) is 0. The number of benzene rings is 1. The molecule has 0 amide bonds. The van der Waals surface area contributed by atoms with Gasteiger partial charge in [-0.05, 0) is 0 Å². The van der Waals surface area contributed by atoms with E-state index >= 15 is 0 Å². The fourth-order valence-electron chi connectivity index (χ4n) is 0.506. The van der Waals surface area contributed by atoms with Crippen LogP contribution in [0.5, 0.6) is 5.75 Å². The van der Waals surface area contributed by atoms with E-state index in [-0.39, 0.29) is 0 Å². The minimum absolute atomic E-state index is 0.618. The normalized spacial score (nSPS) is 9.44. The molecule has 0 aromatic heterocycles. The van der Waals surface area contributed by atoms with Crippen LogP contribution in [-0.4, -0.2) is 0 Å². The summed E-state index contributed by atoms with van der Waals surface area (Å²) in [5, 5.41) is 0. The third-order valence-electron chi connectivity index (χ3n) is 0.861. The van der Waals surface area contributed by atoms with Gasteiger partial charge in [0.15, 0.2) is 0 Å². The van der Waals surface area contributed by atoms with Crippen LogP contribution in [-0.2, 0) is 0 Å². The summed E-state index contributed by atoms with van der Waals surface area (Å²) in [7, 11) is 0. The van der Waals surface area contributed by atoms with Crippen LogP contribution < -0.4 is 25.3 Å². The maximum atomic E-state index is 11.6. The molecular formula is C6H5FIO-. The molecule has 1 aromatic carbocycles. The Kier molecular flexibility index (Phi) is 2.76. The summed E-state index contributed by atoms with van der Waals surface area (Å²) in [5.41, 5.74) is 0. The summed E-state index contributed by atoms with van der Waals surface area (Å²) in [5.74, 6) is 0.618. The standard InChI is InChI=1S/C6H5FIO/c7-8-9-6-4-2-1-3-5-6/h1-5H/q-1. The van der Waals surface area contributed by atoms with Gasteiger partial charge < -0.3 is 0 Å². The van der Waals surface area contributed by atoms with Gasteiger partial charge in [-0.15, -0.1) is 0 Å². The number of para-hydroxylation sites is 1. The zero-order valence-electron chi connectivity index (χ0n) is 4.55. The first kappa shape index (κ1) is 6.80. The summed E-state index contributed by atoms with van der Waals surface area (Å²) in [6, 6.07) is 8.96. The molecule has 1 aromatic rings. The predicted octanol–water partition coefficient (Wildman–Crippen LogP) is -1.05. The van der Waals surface area contributed by atoms with Crippen molar-refractivity contribution < 1.29 is 28.1 Å². The average Bonchev–Trinajstić information content (AvgIpc) is 1.91. The Morgan fingerprint density at radius 2 is 1.89 bits per heavy atom. The van der Waals surface area contributed by atoms with Gasteiger partial charge in [0.2, 0.25) is 0 Å². The molecule has 0 saturated carbocycles. The van der Waals surface area contributed by atoms with Crippen LogP contribution in [0.4, 0.5) is 2.86 Å². The van der Waals surface area contributed by atoms with Gasteiger partial charge in [-0.3, -0.25) is 0 Å². The number of hydrogen-bond acceptors (Lipinski definition) is 1. The molecule has 0 fully saturated rings. The molecule has 0 aliphatic rings. The molecule has 0 unspecified atom stereocenters. The van der Waals surface area contributed by atoms with Gasteiger partial charge in [0.05, 0.1) is 0 Å². The van der Waals surface area contributed by atoms with E-state index in [9.17, 15) is 2.86 Å². The van der Waals surface area contributed by atoms with Crippen molar-refractivity contribution in [2.45, 2.75) is 0 Å². The molecule has 3 heteroatoms. The van der Waals surface area contributed by atoms with Crippen LogP contribution in [0.1, 0.15) is 0 Å². The van der Waals surface area contributed by atoms with Gasteiger partial charge >= 0.3 is 64.2 Å². The van der Waals surface area contributed by atoms with E-state index in [2.05, 4.69) is 3.07 Å². The molecule has 9 heavy (non-hydrogen) atoms. The minimum atomic E-state index is -1.57. The number of hydrogen-bond donors (Lipinski definition) is 0. The second-order valence-corrected chi connectivity index (χ2v) is 2.22. The molecular weight excluding hydrogens is 234 g/mol. The van der Waals surface area contributed by atoms with Gasteiger partial charge in [-0.25, -0.2) is 0 Å². The Morgan fingerprint density at radius 1 is 1.22 bits per heavy atom. The summed E-state index contributed by atoms with van der Waals surface area (Å²) in [6.45, 7) is 0.